The highest BCUT2D eigenvalue weighted by Gasteiger charge is 2.10. The third-order valence-electron chi connectivity index (χ3n) is 2.66. The van der Waals surface area contributed by atoms with E-state index in [9.17, 15) is 9.59 Å². The van der Waals surface area contributed by atoms with Gasteiger partial charge in [-0.2, -0.15) is 11.8 Å². The summed E-state index contributed by atoms with van der Waals surface area (Å²) < 4.78 is 0. The van der Waals surface area contributed by atoms with Crippen LogP contribution in [0.4, 0.5) is 10.5 Å². The summed E-state index contributed by atoms with van der Waals surface area (Å²) in [5.41, 5.74) is 1.44. The lowest BCUT2D eigenvalue weighted by molar-refractivity contribution is 0.0696. The van der Waals surface area contributed by atoms with Crippen LogP contribution in [0.5, 0.6) is 0 Å². The highest BCUT2D eigenvalue weighted by atomic mass is 32.2. The van der Waals surface area contributed by atoms with E-state index in [1.807, 2.05) is 6.92 Å². The highest BCUT2D eigenvalue weighted by molar-refractivity contribution is 7.99. The maximum atomic E-state index is 11.8. The Bertz CT molecular complexity index is 491. The van der Waals surface area contributed by atoms with Crippen molar-refractivity contribution < 1.29 is 14.7 Å². The fourth-order valence-electron chi connectivity index (χ4n) is 1.71. The summed E-state index contributed by atoms with van der Waals surface area (Å²) in [4.78, 5) is 22.7. The van der Waals surface area contributed by atoms with Crippen molar-refractivity contribution in [2.24, 2.45) is 0 Å². The summed E-state index contributed by atoms with van der Waals surface area (Å²) in [5, 5.41) is 14.5. The van der Waals surface area contributed by atoms with E-state index in [0.29, 0.717) is 11.3 Å². The van der Waals surface area contributed by atoms with E-state index >= 15 is 0 Å². The molecule has 5 nitrogen and oxygen atoms in total. The number of nitrogens with one attached hydrogen (secondary N) is 2. The number of aromatic carboxylic acids is 1. The van der Waals surface area contributed by atoms with Crippen LogP contribution >= 0.6 is 11.8 Å². The lowest BCUT2D eigenvalue weighted by Crippen LogP contribution is -2.37. The quantitative estimate of drug-likeness (QED) is 0.754. The molecule has 1 atom stereocenters. The Morgan fingerprint density at radius 2 is 2.10 bits per heavy atom. The molecule has 0 saturated carbocycles. The molecular formula is C14H20N2O3S. The Hall–Kier alpha value is -1.69. The number of carboxylic acid groups (broad SMARTS) is 1. The largest absolute Gasteiger partial charge is 0.478 e. The number of rotatable bonds is 6. The lowest BCUT2D eigenvalue weighted by atomic mass is 10.1. The zero-order valence-corrected chi connectivity index (χ0v) is 12.7. The Morgan fingerprint density at radius 1 is 1.40 bits per heavy atom. The van der Waals surface area contributed by atoms with Gasteiger partial charge in [0.15, 0.2) is 0 Å². The minimum atomic E-state index is -0.969. The number of thioether (sulfide) groups is 1. The Balaban J connectivity index is 2.58. The Labute approximate surface area is 123 Å². The third kappa shape index (κ3) is 5.13. The number of hydrogen-bond donors (Lipinski definition) is 3. The van der Waals surface area contributed by atoms with Crippen LogP contribution in [0.1, 0.15) is 29.8 Å². The summed E-state index contributed by atoms with van der Waals surface area (Å²) in [7, 11) is 0. The van der Waals surface area contributed by atoms with Gasteiger partial charge < -0.3 is 15.7 Å². The molecule has 0 aliphatic rings. The minimum absolute atomic E-state index is 0.0827. The van der Waals surface area contributed by atoms with Gasteiger partial charge >= 0.3 is 12.0 Å². The van der Waals surface area contributed by atoms with Gasteiger partial charge in [0.05, 0.1) is 5.56 Å². The second-order valence-corrected chi connectivity index (χ2v) is 5.81. The predicted molar refractivity (Wildman–Crippen MR) is 82.8 cm³/mol. The smallest absolute Gasteiger partial charge is 0.335 e. The van der Waals surface area contributed by atoms with Crippen molar-refractivity contribution in [1.82, 2.24) is 5.32 Å². The number of carbonyl (C=O) groups is 2. The summed E-state index contributed by atoms with van der Waals surface area (Å²) in [6, 6.07) is 4.52. The van der Waals surface area contributed by atoms with Gasteiger partial charge in [-0.25, -0.2) is 9.59 Å². The van der Waals surface area contributed by atoms with Crippen LogP contribution in [0.2, 0.25) is 0 Å². The summed E-state index contributed by atoms with van der Waals surface area (Å²) in [5.74, 6) is 0.911. The summed E-state index contributed by atoms with van der Waals surface area (Å²) >= 11 is 1.76. The maximum Gasteiger partial charge on any atom is 0.335 e. The van der Waals surface area contributed by atoms with Crippen LogP contribution in [-0.4, -0.2) is 34.7 Å². The number of benzene rings is 1. The molecule has 6 heteroatoms. The fourth-order valence-corrected chi connectivity index (χ4v) is 2.38. The first kappa shape index (κ1) is 16.4. The number of aryl methyl sites for hydroxylation is 1. The number of hydrogen-bond acceptors (Lipinski definition) is 3. The maximum absolute atomic E-state index is 11.8. The van der Waals surface area contributed by atoms with E-state index in [1.165, 1.54) is 6.07 Å². The zero-order chi connectivity index (χ0) is 15.1. The first-order chi connectivity index (χ1) is 9.43. The van der Waals surface area contributed by atoms with Gasteiger partial charge in [0.1, 0.15) is 0 Å². The molecule has 0 spiro atoms. The Kier molecular flexibility index (Phi) is 6.38. The first-order valence-corrected chi connectivity index (χ1v) is 7.58. The predicted octanol–water partition coefficient (Wildman–Crippen LogP) is 2.96. The number of urea groups is 1. The van der Waals surface area contributed by atoms with E-state index in [4.69, 9.17) is 5.11 Å². The molecule has 1 aromatic rings. The molecule has 0 aliphatic heterocycles. The van der Waals surface area contributed by atoms with Crippen LogP contribution in [0.25, 0.3) is 0 Å². The molecular weight excluding hydrogens is 276 g/mol. The fraction of sp³-hybridized carbons (Fsp3) is 0.429. The number of anilines is 1. The van der Waals surface area contributed by atoms with Crippen molar-refractivity contribution in [3.8, 4) is 0 Å². The van der Waals surface area contributed by atoms with Gasteiger partial charge in [0, 0.05) is 17.5 Å². The molecule has 1 aromatic carbocycles. The molecule has 0 bridgehead atoms. The lowest BCUT2D eigenvalue weighted by Gasteiger charge is -2.14. The molecule has 0 fully saturated rings. The van der Waals surface area contributed by atoms with Gasteiger partial charge in [0.2, 0.25) is 0 Å². The first-order valence-electron chi connectivity index (χ1n) is 6.43. The van der Waals surface area contributed by atoms with E-state index in [2.05, 4.69) is 17.6 Å². The molecule has 1 rings (SSSR count). The number of carbonyl (C=O) groups excluding carboxylic acids is 1. The summed E-state index contributed by atoms with van der Waals surface area (Å²) in [6.07, 6.45) is 0. The van der Waals surface area contributed by atoms with Crippen LogP contribution in [0, 0.1) is 6.92 Å². The van der Waals surface area contributed by atoms with Crippen molar-refractivity contribution in [2.75, 3.05) is 16.8 Å². The minimum Gasteiger partial charge on any atom is -0.478 e. The van der Waals surface area contributed by atoms with E-state index in [0.717, 1.165) is 11.5 Å². The molecule has 20 heavy (non-hydrogen) atoms. The molecule has 3 N–H and O–H groups in total. The molecule has 110 valence electrons. The van der Waals surface area contributed by atoms with E-state index in [1.54, 1.807) is 30.8 Å². The van der Waals surface area contributed by atoms with Crippen LogP contribution in [0.3, 0.4) is 0 Å². The normalized spacial score (nSPS) is 11.8. The third-order valence-corrected chi connectivity index (χ3v) is 3.81. The average molecular weight is 296 g/mol. The number of amides is 2. The standard InChI is InChI=1S/C14H20N2O3S/c1-4-20-8-10(3)15-14(19)16-11-5-6-12(13(17)18)9(2)7-11/h5-7,10H,4,8H2,1-3H3,(H,17,18)(H2,15,16,19). The van der Waals surface area contributed by atoms with Crippen molar-refractivity contribution in [1.29, 1.82) is 0 Å². The topological polar surface area (TPSA) is 78.4 Å². The van der Waals surface area contributed by atoms with Crippen molar-refractivity contribution in [3.05, 3.63) is 29.3 Å². The molecule has 0 aromatic heterocycles. The second-order valence-electron chi connectivity index (χ2n) is 4.49. The monoisotopic (exact) mass is 296 g/mol. The zero-order valence-electron chi connectivity index (χ0n) is 11.9. The van der Waals surface area contributed by atoms with Gasteiger partial charge in [-0.05, 0) is 43.4 Å². The van der Waals surface area contributed by atoms with Crippen molar-refractivity contribution >= 4 is 29.4 Å². The molecule has 1 unspecified atom stereocenters. The van der Waals surface area contributed by atoms with E-state index in [-0.39, 0.29) is 17.6 Å². The van der Waals surface area contributed by atoms with Crippen molar-refractivity contribution in [3.63, 3.8) is 0 Å². The average Bonchev–Trinajstić information content (AvgIpc) is 2.35. The number of carboxylic acids is 1. The molecule has 0 aliphatic carbocycles. The molecule has 0 radical (unpaired) electrons. The van der Waals surface area contributed by atoms with Crippen LogP contribution in [-0.2, 0) is 0 Å². The van der Waals surface area contributed by atoms with Gasteiger partial charge in [0.25, 0.3) is 0 Å². The second kappa shape index (κ2) is 7.79. The van der Waals surface area contributed by atoms with Crippen LogP contribution < -0.4 is 10.6 Å². The van der Waals surface area contributed by atoms with Gasteiger partial charge in [-0.15, -0.1) is 0 Å². The Morgan fingerprint density at radius 3 is 2.65 bits per heavy atom. The van der Waals surface area contributed by atoms with Crippen LogP contribution in [0.15, 0.2) is 18.2 Å². The van der Waals surface area contributed by atoms with Crippen molar-refractivity contribution in [2.45, 2.75) is 26.8 Å². The molecule has 0 heterocycles. The van der Waals surface area contributed by atoms with E-state index < -0.39 is 5.97 Å². The summed E-state index contributed by atoms with van der Waals surface area (Å²) in [6.45, 7) is 5.72. The highest BCUT2D eigenvalue weighted by Crippen LogP contribution is 2.15. The van der Waals surface area contributed by atoms with Gasteiger partial charge in [-0.3, -0.25) is 0 Å². The van der Waals surface area contributed by atoms with Gasteiger partial charge in [-0.1, -0.05) is 6.92 Å². The molecule has 0 saturated heterocycles. The SMILES string of the molecule is CCSCC(C)NC(=O)Nc1ccc(C(=O)O)c(C)c1. The molecule has 2 amide bonds.